The van der Waals surface area contributed by atoms with E-state index in [-0.39, 0.29) is 12.7 Å². The van der Waals surface area contributed by atoms with Crippen LogP contribution in [0.25, 0.3) is 16.9 Å². The fourth-order valence-corrected chi connectivity index (χ4v) is 4.71. The number of nitriles is 1. The Kier molecular flexibility index (Phi) is 6.10. The molecule has 0 saturated carbocycles. The lowest BCUT2D eigenvalue weighted by atomic mass is 9.92. The minimum Gasteiger partial charge on any atom is -0.490 e. The van der Waals surface area contributed by atoms with E-state index in [0.717, 1.165) is 34.6 Å². The number of ether oxygens (including phenoxy) is 3. The van der Waals surface area contributed by atoms with Gasteiger partial charge in [0.05, 0.1) is 30.6 Å². The van der Waals surface area contributed by atoms with Gasteiger partial charge in [0.25, 0.3) is 0 Å². The average molecular weight is 439 g/mol. The lowest BCUT2D eigenvalue weighted by molar-refractivity contribution is 0.0598. The smallest absolute Gasteiger partial charge is 0.199 e. The molecule has 0 radical (unpaired) electrons. The van der Waals surface area contributed by atoms with Gasteiger partial charge in [0.15, 0.2) is 5.88 Å². The zero-order chi connectivity index (χ0) is 22.0. The summed E-state index contributed by atoms with van der Waals surface area (Å²) in [7, 11) is 1.63. The monoisotopic (exact) mass is 438 g/mol. The fourth-order valence-electron chi connectivity index (χ4n) is 4.11. The van der Waals surface area contributed by atoms with Crippen molar-refractivity contribution in [2.75, 3.05) is 26.6 Å². The normalized spacial score (nSPS) is 20.7. The van der Waals surface area contributed by atoms with E-state index in [1.165, 1.54) is 11.8 Å². The Morgan fingerprint density at radius 3 is 2.97 bits per heavy atom. The SMILES string of the molecule is CC[C@H]1OCC[C@]1(N)COc1cc(-c2cnc3cccc(OC)n23)cc(SC)c1C#N. The number of fused-ring (bicyclic) bond motifs is 1. The largest absolute Gasteiger partial charge is 0.490 e. The van der Waals surface area contributed by atoms with Crippen molar-refractivity contribution in [1.82, 2.24) is 9.38 Å². The Balaban J connectivity index is 1.77. The second-order valence-corrected chi connectivity index (χ2v) is 8.46. The number of hydrogen-bond acceptors (Lipinski definition) is 7. The quantitative estimate of drug-likeness (QED) is 0.559. The first-order valence-electron chi connectivity index (χ1n) is 10.2. The third kappa shape index (κ3) is 3.85. The van der Waals surface area contributed by atoms with Crippen molar-refractivity contribution in [3.05, 3.63) is 42.1 Å². The van der Waals surface area contributed by atoms with Crippen LogP contribution in [-0.2, 0) is 4.74 Å². The van der Waals surface area contributed by atoms with Crippen molar-refractivity contribution >= 4 is 17.4 Å². The Morgan fingerprint density at radius 1 is 1.42 bits per heavy atom. The van der Waals surface area contributed by atoms with E-state index < -0.39 is 5.54 Å². The Labute approximate surface area is 186 Å². The summed E-state index contributed by atoms with van der Waals surface area (Å²) in [6.45, 7) is 2.97. The lowest BCUT2D eigenvalue weighted by Gasteiger charge is -2.29. The van der Waals surface area contributed by atoms with Gasteiger partial charge in [-0.2, -0.15) is 5.26 Å². The summed E-state index contributed by atoms with van der Waals surface area (Å²) < 4.78 is 19.4. The minimum atomic E-state index is -0.566. The summed E-state index contributed by atoms with van der Waals surface area (Å²) >= 11 is 1.50. The molecule has 2 N–H and O–H groups in total. The zero-order valence-corrected chi connectivity index (χ0v) is 18.7. The van der Waals surface area contributed by atoms with Gasteiger partial charge in [-0.1, -0.05) is 13.0 Å². The van der Waals surface area contributed by atoms with Crippen molar-refractivity contribution in [2.45, 2.75) is 36.3 Å². The standard InChI is InChI=1S/C23H26N4O3S/c1-4-20-23(25,8-9-29-20)14-30-18-10-15(11-19(31-3)16(18)12-24)17-13-26-21-6-5-7-22(28-2)27(17)21/h5-7,10-11,13,20H,4,8-9,14,25H2,1-3H3/t20-,23+/m1/s1. The summed E-state index contributed by atoms with van der Waals surface area (Å²) in [6, 6.07) is 11.9. The molecule has 4 rings (SSSR count). The second kappa shape index (κ2) is 8.79. The minimum absolute atomic E-state index is 0.0516. The van der Waals surface area contributed by atoms with Crippen molar-refractivity contribution < 1.29 is 14.2 Å². The molecule has 1 aromatic carbocycles. The number of thioether (sulfide) groups is 1. The molecule has 8 heteroatoms. The molecule has 1 fully saturated rings. The highest BCUT2D eigenvalue weighted by atomic mass is 32.2. The molecule has 1 saturated heterocycles. The number of benzene rings is 1. The van der Waals surface area contributed by atoms with Gasteiger partial charge < -0.3 is 19.9 Å². The summed E-state index contributed by atoms with van der Waals surface area (Å²) in [5.41, 5.74) is 9.06. The highest BCUT2D eigenvalue weighted by Gasteiger charge is 2.40. The first-order valence-corrected chi connectivity index (χ1v) is 11.4. The van der Waals surface area contributed by atoms with Gasteiger partial charge in [0.1, 0.15) is 29.6 Å². The molecule has 2 aromatic heterocycles. The predicted octanol–water partition coefficient (Wildman–Crippen LogP) is 3.88. The topological polar surface area (TPSA) is 94.8 Å². The van der Waals surface area contributed by atoms with Crippen LogP contribution >= 0.6 is 11.8 Å². The molecule has 162 valence electrons. The van der Waals surface area contributed by atoms with E-state index >= 15 is 0 Å². The van der Waals surface area contributed by atoms with E-state index in [4.69, 9.17) is 19.9 Å². The summed E-state index contributed by atoms with van der Waals surface area (Å²) in [6.07, 6.45) is 5.25. The first kappa shape index (κ1) is 21.5. The number of hydrogen-bond donors (Lipinski definition) is 1. The van der Waals surface area contributed by atoms with Crippen LogP contribution in [0.3, 0.4) is 0 Å². The number of nitrogens with zero attached hydrogens (tertiary/aromatic N) is 3. The molecule has 7 nitrogen and oxygen atoms in total. The molecule has 0 amide bonds. The van der Waals surface area contributed by atoms with Crippen LogP contribution in [0.2, 0.25) is 0 Å². The van der Waals surface area contributed by atoms with Gasteiger partial charge in [-0.05, 0) is 43.4 Å². The van der Waals surface area contributed by atoms with Gasteiger partial charge >= 0.3 is 0 Å². The van der Waals surface area contributed by atoms with E-state index in [9.17, 15) is 5.26 Å². The third-order valence-electron chi connectivity index (χ3n) is 5.79. The van der Waals surface area contributed by atoms with E-state index in [2.05, 4.69) is 18.0 Å². The molecule has 1 aliphatic heterocycles. The van der Waals surface area contributed by atoms with Gasteiger partial charge in [-0.15, -0.1) is 11.8 Å². The summed E-state index contributed by atoms with van der Waals surface area (Å²) in [5, 5.41) is 9.82. The number of aromatic nitrogens is 2. The molecular weight excluding hydrogens is 412 g/mol. The van der Waals surface area contributed by atoms with Crippen LogP contribution in [0.5, 0.6) is 11.6 Å². The molecule has 0 aliphatic carbocycles. The van der Waals surface area contributed by atoms with Crippen molar-refractivity contribution in [3.63, 3.8) is 0 Å². The maximum Gasteiger partial charge on any atom is 0.199 e. The fraction of sp³-hybridized carbons (Fsp3) is 0.391. The molecular formula is C23H26N4O3S. The maximum atomic E-state index is 9.82. The van der Waals surface area contributed by atoms with Gasteiger partial charge in [0, 0.05) is 17.1 Å². The van der Waals surface area contributed by atoms with Crippen molar-refractivity contribution in [3.8, 4) is 29.0 Å². The molecule has 2 atom stereocenters. The highest BCUT2D eigenvalue weighted by Crippen LogP contribution is 2.37. The van der Waals surface area contributed by atoms with E-state index in [0.29, 0.717) is 23.8 Å². The number of pyridine rings is 1. The first-order chi connectivity index (χ1) is 15.0. The Hall–Kier alpha value is -2.73. The van der Waals surface area contributed by atoms with Gasteiger partial charge in [-0.3, -0.25) is 4.40 Å². The summed E-state index contributed by atoms with van der Waals surface area (Å²) in [5.74, 6) is 1.19. The van der Waals surface area contributed by atoms with E-state index in [1.807, 2.05) is 41.0 Å². The molecule has 31 heavy (non-hydrogen) atoms. The van der Waals surface area contributed by atoms with Crippen molar-refractivity contribution in [2.24, 2.45) is 5.73 Å². The molecule has 1 aliphatic rings. The van der Waals surface area contributed by atoms with Crippen LogP contribution in [0.4, 0.5) is 0 Å². The van der Waals surface area contributed by atoms with Crippen LogP contribution in [0.1, 0.15) is 25.3 Å². The molecule has 0 spiro atoms. The van der Waals surface area contributed by atoms with Crippen LogP contribution in [0, 0.1) is 11.3 Å². The molecule has 0 bridgehead atoms. The number of imidazole rings is 1. The number of nitrogens with two attached hydrogens (primary N) is 1. The Bertz CT molecular complexity index is 1140. The summed E-state index contributed by atoms with van der Waals surface area (Å²) in [4.78, 5) is 5.34. The molecule has 0 unspecified atom stereocenters. The highest BCUT2D eigenvalue weighted by molar-refractivity contribution is 7.98. The predicted molar refractivity (Wildman–Crippen MR) is 121 cm³/mol. The second-order valence-electron chi connectivity index (χ2n) is 7.61. The van der Waals surface area contributed by atoms with Crippen molar-refractivity contribution in [1.29, 1.82) is 5.26 Å². The van der Waals surface area contributed by atoms with Gasteiger partial charge in [-0.25, -0.2) is 4.98 Å². The zero-order valence-electron chi connectivity index (χ0n) is 17.9. The molecule has 3 heterocycles. The number of rotatable bonds is 7. The van der Waals surface area contributed by atoms with Gasteiger partial charge in [0.2, 0.25) is 0 Å². The Morgan fingerprint density at radius 2 is 2.26 bits per heavy atom. The van der Waals surface area contributed by atoms with Crippen LogP contribution in [0.15, 0.2) is 41.4 Å². The maximum absolute atomic E-state index is 9.82. The van der Waals surface area contributed by atoms with Crippen LogP contribution < -0.4 is 15.2 Å². The third-order valence-corrected chi connectivity index (χ3v) is 6.55. The van der Waals surface area contributed by atoms with Crippen LogP contribution in [-0.4, -0.2) is 47.6 Å². The van der Waals surface area contributed by atoms with E-state index in [1.54, 1.807) is 13.3 Å². The average Bonchev–Trinajstić information content (AvgIpc) is 3.40. The lowest BCUT2D eigenvalue weighted by Crippen LogP contribution is -2.52. The number of methoxy groups -OCH3 is 1. The molecule has 3 aromatic rings.